The van der Waals surface area contributed by atoms with Crippen molar-refractivity contribution in [3.8, 4) is 5.75 Å². The molecule has 1 aromatic rings. The molecule has 15 heavy (non-hydrogen) atoms. The van der Waals surface area contributed by atoms with Gasteiger partial charge in [0.15, 0.2) is 0 Å². The Morgan fingerprint density at radius 3 is 2.73 bits per heavy atom. The van der Waals surface area contributed by atoms with Gasteiger partial charge in [0.25, 0.3) is 0 Å². The lowest BCUT2D eigenvalue weighted by molar-refractivity contribution is 0.340. The van der Waals surface area contributed by atoms with Gasteiger partial charge in [0.2, 0.25) is 0 Å². The molecule has 82 valence electrons. The quantitative estimate of drug-likeness (QED) is 0.859. The molecule has 0 radical (unpaired) electrons. The molecular weight excluding hydrogens is 210 g/mol. The van der Waals surface area contributed by atoms with E-state index in [4.69, 9.17) is 22.1 Å². The fourth-order valence-electron chi connectivity index (χ4n) is 1.91. The van der Waals surface area contributed by atoms with Gasteiger partial charge in [-0.25, -0.2) is 0 Å². The summed E-state index contributed by atoms with van der Waals surface area (Å²) in [5.41, 5.74) is 8.34. The molecule has 2 rings (SSSR count). The Kier molecular flexibility index (Phi) is 2.89. The molecule has 0 aliphatic heterocycles. The topological polar surface area (TPSA) is 35.2 Å². The predicted molar refractivity (Wildman–Crippen MR) is 62.7 cm³/mol. The molecule has 0 heterocycles. The second-order valence-electron chi connectivity index (χ2n) is 4.08. The Balaban J connectivity index is 2.30. The van der Waals surface area contributed by atoms with Crippen LogP contribution in [0, 0.1) is 6.92 Å². The highest BCUT2D eigenvalue weighted by Gasteiger charge is 2.36. The van der Waals surface area contributed by atoms with E-state index < -0.39 is 0 Å². The highest BCUT2D eigenvalue weighted by molar-refractivity contribution is 6.32. The van der Waals surface area contributed by atoms with E-state index in [9.17, 15) is 0 Å². The minimum Gasteiger partial charge on any atom is -0.492 e. The Morgan fingerprint density at radius 2 is 2.20 bits per heavy atom. The SMILES string of the molecule is CCOc1cc(C)c(C2CC2N)cc1Cl. The normalized spacial score (nSPS) is 24.0. The summed E-state index contributed by atoms with van der Waals surface area (Å²) >= 11 is 6.13. The van der Waals surface area contributed by atoms with E-state index in [1.807, 2.05) is 19.1 Å². The standard InChI is InChI=1S/C12H16ClNO/c1-3-15-12-4-7(2)8(5-10(12)13)9-6-11(9)14/h4-5,9,11H,3,6,14H2,1-2H3. The van der Waals surface area contributed by atoms with Crippen LogP contribution in [0.25, 0.3) is 0 Å². The van der Waals surface area contributed by atoms with Crippen molar-refractivity contribution >= 4 is 11.6 Å². The fourth-order valence-corrected chi connectivity index (χ4v) is 2.13. The zero-order valence-electron chi connectivity index (χ0n) is 9.09. The first kappa shape index (κ1) is 10.8. The molecule has 1 fully saturated rings. The second kappa shape index (κ2) is 4.03. The maximum atomic E-state index is 6.13. The van der Waals surface area contributed by atoms with Crippen molar-refractivity contribution < 1.29 is 4.74 Å². The van der Waals surface area contributed by atoms with E-state index in [2.05, 4.69) is 6.92 Å². The molecule has 0 amide bonds. The van der Waals surface area contributed by atoms with Crippen molar-refractivity contribution in [2.45, 2.75) is 32.2 Å². The van der Waals surface area contributed by atoms with Gasteiger partial charge in [-0.2, -0.15) is 0 Å². The van der Waals surface area contributed by atoms with Crippen LogP contribution in [0.1, 0.15) is 30.4 Å². The minimum absolute atomic E-state index is 0.317. The Bertz CT molecular complexity index is 378. The van der Waals surface area contributed by atoms with Crippen molar-refractivity contribution in [3.05, 3.63) is 28.3 Å². The summed E-state index contributed by atoms with van der Waals surface area (Å²) in [6, 6.07) is 4.32. The van der Waals surface area contributed by atoms with Crippen LogP contribution in [-0.2, 0) is 0 Å². The van der Waals surface area contributed by atoms with Crippen LogP contribution >= 0.6 is 11.6 Å². The monoisotopic (exact) mass is 225 g/mol. The summed E-state index contributed by atoms with van der Waals surface area (Å²) in [7, 11) is 0. The maximum Gasteiger partial charge on any atom is 0.138 e. The average Bonchev–Trinajstić information content (AvgIpc) is 2.89. The van der Waals surface area contributed by atoms with Crippen LogP contribution in [0.5, 0.6) is 5.75 Å². The van der Waals surface area contributed by atoms with E-state index in [1.54, 1.807) is 0 Å². The first-order valence-electron chi connectivity index (χ1n) is 5.32. The van der Waals surface area contributed by atoms with E-state index in [-0.39, 0.29) is 0 Å². The number of hydrogen-bond acceptors (Lipinski definition) is 2. The molecule has 2 unspecified atom stereocenters. The fraction of sp³-hybridized carbons (Fsp3) is 0.500. The zero-order chi connectivity index (χ0) is 11.0. The Labute approximate surface area is 95.4 Å². The van der Waals surface area contributed by atoms with Crippen molar-refractivity contribution in [2.75, 3.05) is 6.61 Å². The van der Waals surface area contributed by atoms with Gasteiger partial charge in [0.05, 0.1) is 11.6 Å². The van der Waals surface area contributed by atoms with Crippen LogP contribution < -0.4 is 10.5 Å². The molecule has 2 atom stereocenters. The second-order valence-corrected chi connectivity index (χ2v) is 4.49. The van der Waals surface area contributed by atoms with Gasteiger partial charge in [0.1, 0.15) is 5.75 Å². The minimum atomic E-state index is 0.317. The first-order valence-corrected chi connectivity index (χ1v) is 5.69. The molecule has 0 bridgehead atoms. The highest BCUT2D eigenvalue weighted by Crippen LogP contribution is 2.43. The summed E-state index contributed by atoms with van der Waals surface area (Å²) < 4.78 is 5.44. The molecule has 1 aliphatic carbocycles. The zero-order valence-corrected chi connectivity index (χ0v) is 9.84. The number of rotatable bonds is 3. The van der Waals surface area contributed by atoms with Gasteiger partial charge < -0.3 is 10.5 Å². The average molecular weight is 226 g/mol. The van der Waals surface area contributed by atoms with E-state index in [1.165, 1.54) is 11.1 Å². The van der Waals surface area contributed by atoms with Crippen LogP contribution in [0.2, 0.25) is 5.02 Å². The molecule has 0 saturated heterocycles. The molecule has 2 nitrogen and oxygen atoms in total. The predicted octanol–water partition coefficient (Wildman–Crippen LogP) is 2.86. The van der Waals surface area contributed by atoms with Gasteiger partial charge in [-0.15, -0.1) is 0 Å². The molecule has 1 aliphatic rings. The van der Waals surface area contributed by atoms with Gasteiger partial charge in [-0.05, 0) is 43.5 Å². The highest BCUT2D eigenvalue weighted by atomic mass is 35.5. The Hall–Kier alpha value is -0.730. The third-order valence-corrected chi connectivity index (χ3v) is 3.16. The van der Waals surface area contributed by atoms with Crippen LogP contribution in [0.4, 0.5) is 0 Å². The third-order valence-electron chi connectivity index (χ3n) is 2.86. The van der Waals surface area contributed by atoms with Crippen LogP contribution in [0.15, 0.2) is 12.1 Å². The number of nitrogens with two attached hydrogens (primary N) is 1. The largest absolute Gasteiger partial charge is 0.492 e. The smallest absolute Gasteiger partial charge is 0.138 e. The lowest BCUT2D eigenvalue weighted by Crippen LogP contribution is -2.02. The lowest BCUT2D eigenvalue weighted by Gasteiger charge is -2.10. The van der Waals surface area contributed by atoms with Crippen molar-refractivity contribution in [3.63, 3.8) is 0 Å². The molecule has 2 N–H and O–H groups in total. The van der Waals surface area contributed by atoms with Crippen molar-refractivity contribution in [2.24, 2.45) is 5.73 Å². The summed E-state index contributed by atoms with van der Waals surface area (Å²) in [5, 5.41) is 0.691. The number of ether oxygens (including phenoxy) is 1. The van der Waals surface area contributed by atoms with E-state index >= 15 is 0 Å². The molecule has 0 aromatic heterocycles. The molecule has 3 heteroatoms. The molecular formula is C12H16ClNO. The van der Waals surface area contributed by atoms with Crippen LogP contribution in [-0.4, -0.2) is 12.6 Å². The summed E-state index contributed by atoms with van der Waals surface area (Å²) in [5.74, 6) is 1.27. The number of hydrogen-bond donors (Lipinski definition) is 1. The summed E-state index contributed by atoms with van der Waals surface area (Å²) in [6.07, 6.45) is 1.07. The molecule has 1 saturated carbocycles. The third kappa shape index (κ3) is 2.11. The molecule has 1 aromatic carbocycles. The number of benzene rings is 1. The number of aryl methyl sites for hydroxylation is 1. The van der Waals surface area contributed by atoms with Gasteiger partial charge in [0, 0.05) is 12.0 Å². The van der Waals surface area contributed by atoms with Gasteiger partial charge >= 0.3 is 0 Å². The number of halogens is 1. The summed E-state index contributed by atoms with van der Waals surface area (Å²) in [6.45, 7) is 4.68. The van der Waals surface area contributed by atoms with Gasteiger partial charge in [-0.3, -0.25) is 0 Å². The van der Waals surface area contributed by atoms with Gasteiger partial charge in [-0.1, -0.05) is 11.6 Å². The molecule has 0 spiro atoms. The lowest BCUT2D eigenvalue weighted by atomic mass is 10.0. The van der Waals surface area contributed by atoms with E-state index in [0.29, 0.717) is 23.6 Å². The van der Waals surface area contributed by atoms with Crippen LogP contribution in [0.3, 0.4) is 0 Å². The van der Waals surface area contributed by atoms with Crippen molar-refractivity contribution in [1.82, 2.24) is 0 Å². The Morgan fingerprint density at radius 1 is 1.53 bits per heavy atom. The summed E-state index contributed by atoms with van der Waals surface area (Å²) in [4.78, 5) is 0. The van der Waals surface area contributed by atoms with Crippen molar-refractivity contribution in [1.29, 1.82) is 0 Å². The van der Waals surface area contributed by atoms with E-state index in [0.717, 1.165) is 12.2 Å². The first-order chi connectivity index (χ1) is 7.13. The maximum absolute atomic E-state index is 6.13.